The Morgan fingerprint density at radius 1 is 1.35 bits per heavy atom. The van der Waals surface area contributed by atoms with Crippen LogP contribution < -0.4 is 5.32 Å². The van der Waals surface area contributed by atoms with Gasteiger partial charge in [0.1, 0.15) is 0 Å². The van der Waals surface area contributed by atoms with Crippen molar-refractivity contribution in [3.05, 3.63) is 41.5 Å². The van der Waals surface area contributed by atoms with Gasteiger partial charge in [-0.25, -0.2) is 8.78 Å². The van der Waals surface area contributed by atoms with Gasteiger partial charge in [-0.15, -0.1) is 11.8 Å². The summed E-state index contributed by atoms with van der Waals surface area (Å²) >= 11 is 1.60. The van der Waals surface area contributed by atoms with E-state index in [2.05, 4.69) is 15.5 Å². The van der Waals surface area contributed by atoms with E-state index in [1.807, 2.05) is 25.1 Å². The lowest BCUT2D eigenvalue weighted by molar-refractivity contribution is -0.0389. The maximum atomic E-state index is 13.2. The molecule has 5 nitrogen and oxygen atoms in total. The predicted octanol–water partition coefficient (Wildman–Crippen LogP) is 4.40. The highest BCUT2D eigenvalue weighted by atomic mass is 32.2. The number of thioether (sulfide) groups is 1. The summed E-state index contributed by atoms with van der Waals surface area (Å²) in [6.45, 7) is 2.14. The first-order valence-corrected chi connectivity index (χ1v) is 9.67. The van der Waals surface area contributed by atoms with E-state index in [1.54, 1.807) is 17.8 Å². The van der Waals surface area contributed by atoms with Crippen molar-refractivity contribution in [3.8, 4) is 0 Å². The molecule has 0 radical (unpaired) electrons. The Balaban J connectivity index is 1.58. The Hall–Kier alpha value is -1.96. The van der Waals surface area contributed by atoms with Crippen LogP contribution in [0.25, 0.3) is 0 Å². The Labute approximate surface area is 154 Å². The van der Waals surface area contributed by atoms with Gasteiger partial charge >= 0.3 is 0 Å². The summed E-state index contributed by atoms with van der Waals surface area (Å²) in [5.74, 6) is -1.29. The third-order valence-corrected chi connectivity index (χ3v) is 5.35. The Bertz CT molecular complexity index is 756. The van der Waals surface area contributed by atoms with Crippen molar-refractivity contribution in [1.29, 1.82) is 0 Å². The van der Waals surface area contributed by atoms with E-state index in [0.29, 0.717) is 24.2 Å². The van der Waals surface area contributed by atoms with E-state index in [1.165, 1.54) is 0 Å². The first-order chi connectivity index (χ1) is 12.5. The van der Waals surface area contributed by atoms with Gasteiger partial charge in [0.25, 0.3) is 5.91 Å². The van der Waals surface area contributed by atoms with Gasteiger partial charge in [-0.2, -0.15) is 4.98 Å². The summed E-state index contributed by atoms with van der Waals surface area (Å²) in [5, 5.41) is 6.67. The quantitative estimate of drug-likeness (QED) is 0.751. The number of carbonyl (C=O) groups is 1. The number of amides is 1. The zero-order chi connectivity index (χ0) is 18.6. The molecule has 1 aromatic carbocycles. The molecule has 1 amide bonds. The van der Waals surface area contributed by atoms with E-state index in [9.17, 15) is 13.6 Å². The Kier molecular flexibility index (Phi) is 5.90. The van der Waals surface area contributed by atoms with Crippen molar-refractivity contribution < 1.29 is 18.1 Å². The molecule has 1 aliphatic carbocycles. The minimum atomic E-state index is -2.58. The molecule has 140 valence electrons. The zero-order valence-electron chi connectivity index (χ0n) is 14.5. The van der Waals surface area contributed by atoms with Gasteiger partial charge in [0, 0.05) is 23.7 Å². The molecular weight excluding hydrogens is 360 g/mol. The van der Waals surface area contributed by atoms with Gasteiger partial charge in [-0.3, -0.25) is 4.79 Å². The highest BCUT2D eigenvalue weighted by Crippen LogP contribution is 2.39. The second kappa shape index (κ2) is 8.16. The first kappa shape index (κ1) is 18.8. The molecule has 0 aliphatic heterocycles. The minimum Gasteiger partial charge on any atom is -0.343 e. The number of hydrogen-bond acceptors (Lipinski definition) is 5. The third-order valence-electron chi connectivity index (χ3n) is 4.40. The Morgan fingerprint density at radius 3 is 2.81 bits per heavy atom. The number of aromatic nitrogens is 2. The summed E-state index contributed by atoms with van der Waals surface area (Å²) in [7, 11) is 0. The number of halogens is 2. The molecule has 0 saturated heterocycles. The summed E-state index contributed by atoms with van der Waals surface area (Å²) in [5.41, 5.74) is 0.605. The molecule has 8 heteroatoms. The number of benzene rings is 1. The number of nitrogens with zero attached hydrogens (tertiary/aromatic N) is 2. The molecule has 0 atom stereocenters. The highest BCUT2D eigenvalue weighted by Gasteiger charge is 2.36. The van der Waals surface area contributed by atoms with Crippen LogP contribution in [-0.2, 0) is 6.54 Å². The van der Waals surface area contributed by atoms with Gasteiger partial charge in [-0.05, 0) is 30.7 Å². The zero-order valence-corrected chi connectivity index (χ0v) is 15.3. The number of carbonyl (C=O) groups excluding carboxylic acids is 1. The summed E-state index contributed by atoms with van der Waals surface area (Å²) in [4.78, 5) is 17.6. The van der Waals surface area contributed by atoms with Crippen LogP contribution in [0.15, 0.2) is 33.7 Å². The van der Waals surface area contributed by atoms with E-state index in [0.717, 1.165) is 10.6 Å². The van der Waals surface area contributed by atoms with E-state index in [-0.39, 0.29) is 37.1 Å². The second-order valence-electron chi connectivity index (χ2n) is 6.29. The molecule has 0 bridgehead atoms. The molecule has 1 saturated carbocycles. The third kappa shape index (κ3) is 4.60. The van der Waals surface area contributed by atoms with Crippen molar-refractivity contribution in [2.24, 2.45) is 0 Å². The molecular formula is C18H21F2N3O2S. The van der Waals surface area contributed by atoms with E-state index in [4.69, 9.17) is 4.52 Å². The molecule has 0 spiro atoms. The summed E-state index contributed by atoms with van der Waals surface area (Å²) in [6, 6.07) is 7.40. The van der Waals surface area contributed by atoms with Crippen molar-refractivity contribution in [3.63, 3.8) is 0 Å². The minimum absolute atomic E-state index is 0.107. The lowest BCUT2D eigenvalue weighted by Gasteiger charge is -2.26. The number of alkyl halides is 2. The molecule has 2 aromatic rings. The molecule has 1 heterocycles. The standard InChI is InChI=1S/C18H21F2N3O2S/c1-2-26-14-6-4-3-5-13(14)17(24)21-11-15-22-16(23-25-15)12-7-9-18(19,20)10-8-12/h3-6,12H,2,7-11H2,1H3,(H,21,24). The average molecular weight is 381 g/mol. The van der Waals surface area contributed by atoms with Crippen LogP contribution >= 0.6 is 11.8 Å². The van der Waals surface area contributed by atoms with Crippen molar-refractivity contribution in [1.82, 2.24) is 15.5 Å². The topological polar surface area (TPSA) is 68.0 Å². The lowest BCUT2D eigenvalue weighted by atomic mass is 9.86. The van der Waals surface area contributed by atoms with Crippen molar-refractivity contribution in [2.75, 3.05) is 5.75 Å². The van der Waals surface area contributed by atoms with E-state index >= 15 is 0 Å². The fraction of sp³-hybridized carbons (Fsp3) is 0.500. The average Bonchev–Trinajstić information content (AvgIpc) is 3.09. The van der Waals surface area contributed by atoms with Gasteiger partial charge in [0.2, 0.25) is 11.8 Å². The van der Waals surface area contributed by atoms with Crippen LogP contribution in [0.1, 0.15) is 60.6 Å². The molecule has 1 N–H and O–H groups in total. The highest BCUT2D eigenvalue weighted by molar-refractivity contribution is 7.99. The van der Waals surface area contributed by atoms with Crippen LogP contribution in [0.3, 0.4) is 0 Å². The monoisotopic (exact) mass is 381 g/mol. The van der Waals surface area contributed by atoms with Crippen LogP contribution in [-0.4, -0.2) is 27.7 Å². The Morgan fingerprint density at radius 2 is 2.08 bits per heavy atom. The van der Waals surface area contributed by atoms with Crippen LogP contribution in [0.4, 0.5) is 8.78 Å². The summed E-state index contributed by atoms with van der Waals surface area (Å²) < 4.78 is 31.7. The van der Waals surface area contributed by atoms with Crippen LogP contribution in [0.2, 0.25) is 0 Å². The first-order valence-electron chi connectivity index (χ1n) is 8.69. The molecule has 1 fully saturated rings. The molecule has 1 aromatic heterocycles. The van der Waals surface area contributed by atoms with Gasteiger partial charge in [0.05, 0.1) is 12.1 Å². The fourth-order valence-corrected chi connectivity index (χ4v) is 3.79. The smallest absolute Gasteiger partial charge is 0.252 e. The lowest BCUT2D eigenvalue weighted by Crippen LogP contribution is -2.24. The second-order valence-corrected chi connectivity index (χ2v) is 7.59. The largest absolute Gasteiger partial charge is 0.343 e. The summed E-state index contributed by atoms with van der Waals surface area (Å²) in [6.07, 6.45) is 0.397. The van der Waals surface area contributed by atoms with Gasteiger partial charge in [-0.1, -0.05) is 24.2 Å². The molecule has 26 heavy (non-hydrogen) atoms. The number of nitrogens with one attached hydrogen (secondary N) is 1. The fourth-order valence-electron chi connectivity index (χ4n) is 2.99. The molecule has 0 unspecified atom stereocenters. The van der Waals surface area contributed by atoms with Crippen molar-refractivity contribution in [2.45, 2.75) is 55.9 Å². The molecule has 1 aliphatic rings. The number of hydrogen-bond donors (Lipinski definition) is 1. The maximum Gasteiger partial charge on any atom is 0.252 e. The SMILES string of the molecule is CCSc1ccccc1C(=O)NCc1nc(C2CCC(F)(F)CC2)no1. The predicted molar refractivity (Wildman–Crippen MR) is 94.5 cm³/mol. The van der Waals surface area contributed by atoms with E-state index < -0.39 is 5.92 Å². The van der Waals surface area contributed by atoms with Crippen LogP contribution in [0.5, 0.6) is 0 Å². The van der Waals surface area contributed by atoms with Crippen molar-refractivity contribution >= 4 is 17.7 Å². The maximum absolute atomic E-state index is 13.2. The number of rotatable bonds is 6. The van der Waals surface area contributed by atoms with Gasteiger partial charge in [0.15, 0.2) is 5.82 Å². The normalized spacial score (nSPS) is 17.2. The van der Waals surface area contributed by atoms with Gasteiger partial charge < -0.3 is 9.84 Å². The molecule has 3 rings (SSSR count). The van der Waals surface area contributed by atoms with Crippen LogP contribution in [0, 0.1) is 0 Å².